The molecule has 2 rings (SSSR count). The van der Waals surface area contributed by atoms with Crippen LogP contribution in [-0.2, 0) is 0 Å². The molecule has 96 valence electrons. The minimum atomic E-state index is -0.485. The van der Waals surface area contributed by atoms with Gasteiger partial charge in [-0.1, -0.05) is 0 Å². The average Bonchev–Trinajstić information content (AvgIpc) is 2.46. The van der Waals surface area contributed by atoms with E-state index >= 15 is 0 Å². The lowest BCUT2D eigenvalue weighted by Gasteiger charge is -2.02. The van der Waals surface area contributed by atoms with Gasteiger partial charge in [0.1, 0.15) is 0 Å². The molecular weight excluding hydrogens is 262 g/mol. The van der Waals surface area contributed by atoms with Crippen LogP contribution in [0.1, 0.15) is 15.9 Å². The van der Waals surface area contributed by atoms with Crippen LogP contribution in [0.3, 0.4) is 0 Å². The van der Waals surface area contributed by atoms with Crippen molar-refractivity contribution >= 4 is 23.2 Å². The molecule has 19 heavy (non-hydrogen) atoms. The summed E-state index contributed by atoms with van der Waals surface area (Å²) in [5, 5.41) is 10.5. The van der Waals surface area contributed by atoms with Crippen LogP contribution >= 0.6 is 11.8 Å². The number of hydrogen-bond acceptors (Lipinski definition) is 4. The third-order valence-corrected chi connectivity index (χ3v) is 3.44. The number of rotatable bonds is 4. The van der Waals surface area contributed by atoms with Crippen molar-refractivity contribution in [3.05, 3.63) is 69.8 Å². The monoisotopic (exact) mass is 273 g/mol. The summed E-state index contributed by atoms with van der Waals surface area (Å²) < 4.78 is 0. The third kappa shape index (κ3) is 3.00. The maximum atomic E-state index is 12.2. The number of benzene rings is 2. The van der Waals surface area contributed by atoms with Gasteiger partial charge in [-0.25, -0.2) is 0 Å². The van der Waals surface area contributed by atoms with Crippen molar-refractivity contribution < 1.29 is 9.72 Å². The normalized spacial score (nSPS) is 10.2. The Morgan fingerprint density at radius 3 is 1.89 bits per heavy atom. The number of thioether (sulfide) groups is 1. The molecule has 0 heterocycles. The average molecular weight is 273 g/mol. The molecule has 4 nitrogen and oxygen atoms in total. The molecule has 0 aromatic heterocycles. The summed E-state index contributed by atoms with van der Waals surface area (Å²) in [6.45, 7) is 0. The first-order valence-corrected chi connectivity index (χ1v) is 6.77. The highest BCUT2D eigenvalue weighted by atomic mass is 32.2. The summed E-state index contributed by atoms with van der Waals surface area (Å²) in [7, 11) is 0. The number of non-ortho nitro benzene ring substituents is 1. The van der Waals surface area contributed by atoms with Crippen LogP contribution in [0.5, 0.6) is 0 Å². The summed E-state index contributed by atoms with van der Waals surface area (Å²) in [4.78, 5) is 23.3. The summed E-state index contributed by atoms with van der Waals surface area (Å²) in [5.74, 6) is -0.137. The predicted molar refractivity (Wildman–Crippen MR) is 74.8 cm³/mol. The lowest BCUT2D eigenvalue weighted by atomic mass is 10.0. The number of nitro benzene ring substituents is 1. The van der Waals surface area contributed by atoms with Crippen LogP contribution in [0.15, 0.2) is 53.4 Å². The van der Waals surface area contributed by atoms with Gasteiger partial charge in [0, 0.05) is 28.2 Å². The standard InChI is InChI=1S/C14H11NO3S/c1-19-13-8-4-11(5-9-13)14(16)10-2-6-12(7-3-10)15(17)18/h2-9H,1H3. The van der Waals surface area contributed by atoms with E-state index < -0.39 is 4.92 Å². The lowest BCUT2D eigenvalue weighted by molar-refractivity contribution is -0.384. The number of hydrogen-bond donors (Lipinski definition) is 0. The molecule has 0 fully saturated rings. The van der Waals surface area contributed by atoms with Gasteiger partial charge in [0.2, 0.25) is 0 Å². The largest absolute Gasteiger partial charge is 0.289 e. The minimum absolute atomic E-state index is 0.0192. The van der Waals surface area contributed by atoms with E-state index in [0.29, 0.717) is 11.1 Å². The Kier molecular flexibility index (Phi) is 3.97. The Balaban J connectivity index is 2.25. The maximum absolute atomic E-state index is 12.2. The van der Waals surface area contributed by atoms with Crippen molar-refractivity contribution in [2.45, 2.75) is 4.90 Å². The third-order valence-electron chi connectivity index (χ3n) is 2.69. The summed E-state index contributed by atoms with van der Waals surface area (Å²) in [6, 6.07) is 12.9. The highest BCUT2D eigenvalue weighted by Crippen LogP contribution is 2.18. The van der Waals surface area contributed by atoms with E-state index in [-0.39, 0.29) is 11.5 Å². The van der Waals surface area contributed by atoms with Crippen molar-refractivity contribution in [2.75, 3.05) is 6.26 Å². The van der Waals surface area contributed by atoms with Crippen molar-refractivity contribution in [3.8, 4) is 0 Å². The molecule has 2 aromatic rings. The highest BCUT2D eigenvalue weighted by molar-refractivity contribution is 7.98. The van der Waals surface area contributed by atoms with Gasteiger partial charge in [-0.15, -0.1) is 11.8 Å². The van der Waals surface area contributed by atoms with Gasteiger partial charge in [0.25, 0.3) is 5.69 Å². The molecule has 0 atom stereocenters. The van der Waals surface area contributed by atoms with E-state index in [1.807, 2.05) is 18.4 Å². The minimum Gasteiger partial charge on any atom is -0.289 e. The Morgan fingerprint density at radius 1 is 1.00 bits per heavy atom. The number of nitrogens with zero attached hydrogens (tertiary/aromatic N) is 1. The fourth-order valence-electron chi connectivity index (χ4n) is 1.64. The van der Waals surface area contributed by atoms with Gasteiger partial charge < -0.3 is 0 Å². The summed E-state index contributed by atoms with van der Waals surface area (Å²) in [6.07, 6.45) is 1.97. The fraction of sp³-hybridized carbons (Fsp3) is 0.0714. The van der Waals surface area contributed by atoms with Crippen LogP contribution in [0.4, 0.5) is 5.69 Å². The van der Waals surface area contributed by atoms with E-state index in [1.165, 1.54) is 24.3 Å². The second-order valence-corrected chi connectivity index (χ2v) is 4.74. The highest BCUT2D eigenvalue weighted by Gasteiger charge is 2.11. The quantitative estimate of drug-likeness (QED) is 0.370. The number of nitro groups is 1. The molecule has 0 aliphatic rings. The number of carbonyl (C=O) groups excluding carboxylic acids is 1. The molecule has 0 bridgehead atoms. The van der Waals surface area contributed by atoms with Crippen molar-refractivity contribution in [1.82, 2.24) is 0 Å². The predicted octanol–water partition coefficient (Wildman–Crippen LogP) is 3.55. The van der Waals surface area contributed by atoms with E-state index in [9.17, 15) is 14.9 Å². The van der Waals surface area contributed by atoms with Gasteiger partial charge in [-0.2, -0.15) is 0 Å². The van der Waals surface area contributed by atoms with E-state index in [0.717, 1.165) is 4.90 Å². The van der Waals surface area contributed by atoms with Gasteiger partial charge in [-0.3, -0.25) is 14.9 Å². The van der Waals surface area contributed by atoms with Crippen LogP contribution in [-0.4, -0.2) is 17.0 Å². The molecule has 0 spiro atoms. The molecule has 0 aliphatic carbocycles. The zero-order valence-corrected chi connectivity index (χ0v) is 11.0. The molecule has 0 aliphatic heterocycles. The topological polar surface area (TPSA) is 60.2 Å². The molecule has 0 amide bonds. The first-order valence-electron chi connectivity index (χ1n) is 5.55. The zero-order valence-electron chi connectivity index (χ0n) is 10.2. The van der Waals surface area contributed by atoms with Crippen molar-refractivity contribution in [3.63, 3.8) is 0 Å². The molecular formula is C14H11NO3S. The molecule has 0 unspecified atom stereocenters. The molecule has 2 aromatic carbocycles. The van der Waals surface area contributed by atoms with Gasteiger partial charge in [0.05, 0.1) is 4.92 Å². The van der Waals surface area contributed by atoms with Crippen molar-refractivity contribution in [1.29, 1.82) is 0 Å². The SMILES string of the molecule is CSc1ccc(C(=O)c2ccc([N+](=O)[O-])cc2)cc1. The van der Waals surface area contributed by atoms with Gasteiger partial charge in [-0.05, 0) is 42.7 Å². The fourth-order valence-corrected chi connectivity index (χ4v) is 2.05. The van der Waals surface area contributed by atoms with Crippen LogP contribution < -0.4 is 0 Å². The number of carbonyl (C=O) groups is 1. The molecule has 0 saturated heterocycles. The smallest absolute Gasteiger partial charge is 0.269 e. The van der Waals surface area contributed by atoms with E-state index in [2.05, 4.69) is 0 Å². The van der Waals surface area contributed by atoms with Gasteiger partial charge >= 0.3 is 0 Å². The first-order chi connectivity index (χ1) is 9.11. The van der Waals surface area contributed by atoms with E-state index in [4.69, 9.17) is 0 Å². The second kappa shape index (κ2) is 5.67. The molecule has 0 N–H and O–H groups in total. The van der Waals surface area contributed by atoms with Crippen molar-refractivity contribution in [2.24, 2.45) is 0 Å². The second-order valence-electron chi connectivity index (χ2n) is 3.86. The van der Waals surface area contributed by atoms with Crippen LogP contribution in [0.2, 0.25) is 0 Å². The first kappa shape index (κ1) is 13.3. The van der Waals surface area contributed by atoms with Crippen LogP contribution in [0, 0.1) is 10.1 Å². The van der Waals surface area contributed by atoms with Gasteiger partial charge in [0.15, 0.2) is 5.78 Å². The van der Waals surface area contributed by atoms with Crippen LogP contribution in [0.25, 0.3) is 0 Å². The maximum Gasteiger partial charge on any atom is 0.269 e. The number of ketones is 1. The lowest BCUT2D eigenvalue weighted by Crippen LogP contribution is -2.01. The Hall–Kier alpha value is -2.14. The Labute approximate surface area is 114 Å². The van der Waals surface area contributed by atoms with E-state index in [1.54, 1.807) is 23.9 Å². The molecule has 5 heteroatoms. The summed E-state index contributed by atoms with van der Waals surface area (Å²) in [5.41, 5.74) is 1.00. The summed E-state index contributed by atoms with van der Waals surface area (Å²) >= 11 is 1.60. The zero-order chi connectivity index (χ0) is 13.8. The molecule has 0 saturated carbocycles. The Bertz CT molecular complexity index is 606. The Morgan fingerprint density at radius 2 is 1.47 bits per heavy atom. The molecule has 0 radical (unpaired) electrons.